The van der Waals surface area contributed by atoms with Crippen LogP contribution in [0.15, 0.2) is 48.5 Å². The molecule has 1 fully saturated rings. The number of aliphatic hydroxyl groups is 3. The lowest BCUT2D eigenvalue weighted by atomic mass is 9.93. The molecule has 4 N–H and O–H groups in total. The maximum absolute atomic E-state index is 11.7. The molecule has 3 rings (SSSR count). The fourth-order valence-electron chi connectivity index (χ4n) is 3.21. The zero-order chi connectivity index (χ0) is 20.1. The van der Waals surface area contributed by atoms with Gasteiger partial charge in [0.1, 0.15) is 24.6 Å². The Morgan fingerprint density at radius 3 is 2.64 bits per heavy atom. The van der Waals surface area contributed by atoms with Crippen LogP contribution in [-0.4, -0.2) is 53.2 Å². The van der Waals surface area contributed by atoms with Crippen LogP contribution in [0.4, 0.5) is 0 Å². The largest absolute Gasteiger partial charge is 0.489 e. The van der Waals surface area contributed by atoms with Gasteiger partial charge >= 0.3 is 0 Å². The Labute approximate surface area is 163 Å². The van der Waals surface area contributed by atoms with Crippen molar-refractivity contribution < 1.29 is 29.6 Å². The van der Waals surface area contributed by atoms with Crippen LogP contribution < -0.4 is 10.1 Å². The summed E-state index contributed by atoms with van der Waals surface area (Å²) in [5, 5.41) is 32.0. The van der Waals surface area contributed by atoms with Crippen molar-refractivity contribution in [3.05, 3.63) is 65.2 Å². The van der Waals surface area contributed by atoms with Gasteiger partial charge in [-0.3, -0.25) is 4.79 Å². The highest BCUT2D eigenvalue weighted by Crippen LogP contribution is 2.32. The first kappa shape index (κ1) is 20.3. The van der Waals surface area contributed by atoms with Gasteiger partial charge in [-0.15, -0.1) is 0 Å². The molecule has 2 aromatic carbocycles. The van der Waals surface area contributed by atoms with E-state index in [9.17, 15) is 20.1 Å². The predicted octanol–water partition coefficient (Wildman–Crippen LogP) is 1.17. The first-order chi connectivity index (χ1) is 13.5. The van der Waals surface area contributed by atoms with E-state index in [1.54, 1.807) is 49.5 Å². The molecule has 0 radical (unpaired) electrons. The standard InChI is InChI=1S/C21H25NO6/c1-22-21(26)15-4-2-3-13(9-15)12-27-16-7-5-14(6-8-16)20-19(25)18(24)10-17(11-23)28-20/h2-9,17-20,23-25H,10-12H2,1H3,(H,22,26). The van der Waals surface area contributed by atoms with Crippen molar-refractivity contribution in [2.24, 2.45) is 0 Å². The van der Waals surface area contributed by atoms with Crippen molar-refractivity contribution in [1.29, 1.82) is 0 Å². The maximum Gasteiger partial charge on any atom is 0.251 e. The highest BCUT2D eigenvalue weighted by Gasteiger charge is 2.37. The second-order valence-corrected chi connectivity index (χ2v) is 6.79. The molecule has 4 unspecified atom stereocenters. The lowest BCUT2D eigenvalue weighted by Gasteiger charge is -2.36. The highest BCUT2D eigenvalue weighted by atomic mass is 16.5. The third kappa shape index (κ3) is 4.69. The van der Waals surface area contributed by atoms with Gasteiger partial charge in [-0.25, -0.2) is 0 Å². The van der Waals surface area contributed by atoms with Gasteiger partial charge in [0.25, 0.3) is 5.91 Å². The van der Waals surface area contributed by atoms with Crippen molar-refractivity contribution in [3.63, 3.8) is 0 Å². The number of carbonyl (C=O) groups excluding carboxylic acids is 1. The Kier molecular flexibility index (Phi) is 6.64. The van der Waals surface area contributed by atoms with Crippen LogP contribution in [0.1, 0.15) is 34.0 Å². The number of rotatable bonds is 6. The summed E-state index contributed by atoms with van der Waals surface area (Å²) in [7, 11) is 1.59. The van der Waals surface area contributed by atoms with Crippen LogP contribution in [0, 0.1) is 0 Å². The summed E-state index contributed by atoms with van der Waals surface area (Å²) in [5.74, 6) is 0.472. The predicted molar refractivity (Wildman–Crippen MR) is 102 cm³/mol. The average molecular weight is 387 g/mol. The maximum atomic E-state index is 11.7. The van der Waals surface area contributed by atoms with Crippen molar-refractivity contribution in [3.8, 4) is 5.75 Å². The molecule has 150 valence electrons. The molecule has 0 aromatic heterocycles. The van der Waals surface area contributed by atoms with Gasteiger partial charge in [0.2, 0.25) is 0 Å². The molecule has 7 heteroatoms. The summed E-state index contributed by atoms with van der Waals surface area (Å²) in [6, 6.07) is 14.2. The number of carbonyl (C=O) groups is 1. The molecule has 0 aliphatic carbocycles. The number of aliphatic hydroxyl groups excluding tert-OH is 3. The molecule has 0 bridgehead atoms. The molecular weight excluding hydrogens is 362 g/mol. The third-order valence-electron chi connectivity index (χ3n) is 4.78. The van der Waals surface area contributed by atoms with Crippen LogP contribution in [0.25, 0.3) is 0 Å². The monoisotopic (exact) mass is 387 g/mol. The minimum absolute atomic E-state index is 0.152. The molecule has 0 saturated carbocycles. The van der Waals surface area contributed by atoms with E-state index in [1.165, 1.54) is 0 Å². The van der Waals surface area contributed by atoms with E-state index in [0.717, 1.165) is 5.56 Å². The topological polar surface area (TPSA) is 108 Å². The Morgan fingerprint density at radius 1 is 1.21 bits per heavy atom. The van der Waals surface area contributed by atoms with Gasteiger partial charge in [-0.2, -0.15) is 0 Å². The van der Waals surface area contributed by atoms with E-state index in [0.29, 0.717) is 23.5 Å². The number of amides is 1. The van der Waals surface area contributed by atoms with Gasteiger partial charge < -0.3 is 30.1 Å². The Morgan fingerprint density at radius 2 is 1.96 bits per heavy atom. The first-order valence-electron chi connectivity index (χ1n) is 9.18. The Balaban J connectivity index is 1.64. The van der Waals surface area contributed by atoms with E-state index in [2.05, 4.69) is 5.32 Å². The summed E-state index contributed by atoms with van der Waals surface area (Å²) in [5.41, 5.74) is 2.13. The average Bonchev–Trinajstić information content (AvgIpc) is 2.74. The van der Waals surface area contributed by atoms with E-state index in [1.807, 2.05) is 6.07 Å². The minimum Gasteiger partial charge on any atom is -0.489 e. The van der Waals surface area contributed by atoms with Crippen molar-refractivity contribution in [1.82, 2.24) is 5.32 Å². The smallest absolute Gasteiger partial charge is 0.251 e. The van der Waals surface area contributed by atoms with Crippen molar-refractivity contribution >= 4 is 5.91 Å². The summed E-state index contributed by atoms with van der Waals surface area (Å²) in [4.78, 5) is 11.7. The molecule has 4 atom stereocenters. The molecular formula is C21H25NO6. The number of hydrogen-bond donors (Lipinski definition) is 4. The molecule has 1 heterocycles. The lowest BCUT2D eigenvalue weighted by molar-refractivity contribution is -0.179. The number of benzene rings is 2. The summed E-state index contributed by atoms with van der Waals surface area (Å²) in [6.45, 7) is 0.0919. The second kappa shape index (κ2) is 9.16. The Hall–Kier alpha value is -2.45. The fraction of sp³-hybridized carbons (Fsp3) is 0.381. The molecule has 1 aliphatic rings. The zero-order valence-corrected chi connectivity index (χ0v) is 15.6. The molecule has 0 spiro atoms. The molecule has 28 heavy (non-hydrogen) atoms. The van der Waals surface area contributed by atoms with E-state index in [-0.39, 0.29) is 18.9 Å². The normalized spacial score (nSPS) is 24.6. The van der Waals surface area contributed by atoms with E-state index >= 15 is 0 Å². The van der Waals surface area contributed by atoms with Gasteiger partial charge in [-0.05, 0) is 35.4 Å². The van der Waals surface area contributed by atoms with Gasteiger partial charge in [-0.1, -0.05) is 24.3 Å². The fourth-order valence-corrected chi connectivity index (χ4v) is 3.21. The quantitative estimate of drug-likeness (QED) is 0.593. The summed E-state index contributed by atoms with van der Waals surface area (Å²) < 4.78 is 11.4. The van der Waals surface area contributed by atoms with Gasteiger partial charge in [0.05, 0.1) is 18.8 Å². The molecule has 1 amide bonds. The lowest BCUT2D eigenvalue weighted by Crippen LogP contribution is -2.44. The SMILES string of the molecule is CNC(=O)c1cccc(COc2ccc(C3OC(CO)CC(O)C3O)cc2)c1. The first-order valence-corrected chi connectivity index (χ1v) is 9.18. The number of hydrogen-bond acceptors (Lipinski definition) is 6. The van der Waals surface area contributed by atoms with Crippen molar-refractivity contribution in [2.75, 3.05) is 13.7 Å². The van der Waals surface area contributed by atoms with Crippen LogP contribution in [0.5, 0.6) is 5.75 Å². The summed E-state index contributed by atoms with van der Waals surface area (Å²) >= 11 is 0. The molecule has 1 saturated heterocycles. The van der Waals surface area contributed by atoms with Crippen LogP contribution in [0.3, 0.4) is 0 Å². The van der Waals surface area contributed by atoms with Crippen LogP contribution in [0.2, 0.25) is 0 Å². The molecule has 1 aliphatic heterocycles. The third-order valence-corrected chi connectivity index (χ3v) is 4.78. The molecule has 2 aromatic rings. The zero-order valence-electron chi connectivity index (χ0n) is 15.6. The summed E-state index contributed by atoms with van der Waals surface area (Å²) in [6.07, 6.45) is -3.02. The van der Waals surface area contributed by atoms with Crippen LogP contribution in [-0.2, 0) is 11.3 Å². The van der Waals surface area contributed by atoms with Gasteiger partial charge in [0.15, 0.2) is 0 Å². The highest BCUT2D eigenvalue weighted by molar-refractivity contribution is 5.94. The van der Waals surface area contributed by atoms with Crippen molar-refractivity contribution in [2.45, 2.75) is 37.4 Å². The minimum atomic E-state index is -1.05. The number of nitrogens with one attached hydrogen (secondary N) is 1. The Bertz CT molecular complexity index is 794. The van der Waals surface area contributed by atoms with E-state index in [4.69, 9.17) is 9.47 Å². The molecule has 7 nitrogen and oxygen atoms in total. The number of ether oxygens (including phenoxy) is 2. The van der Waals surface area contributed by atoms with E-state index < -0.39 is 24.4 Å². The van der Waals surface area contributed by atoms with Gasteiger partial charge in [0, 0.05) is 19.0 Å². The van der Waals surface area contributed by atoms with Crippen LogP contribution >= 0.6 is 0 Å². The second-order valence-electron chi connectivity index (χ2n) is 6.79.